The van der Waals surface area contributed by atoms with Gasteiger partial charge in [-0.15, -0.1) is 0 Å². The molecule has 0 radical (unpaired) electrons. The van der Waals surface area contributed by atoms with Gasteiger partial charge in [0.1, 0.15) is 6.04 Å². The van der Waals surface area contributed by atoms with E-state index in [1.165, 1.54) is 0 Å². The number of ether oxygens (including phenoxy) is 2. The largest absolute Gasteiger partial charge is 0.454 e. The average Bonchev–Trinajstić information content (AvgIpc) is 3.35. The number of carbonyl (C=O) groups excluding carboxylic acids is 1. The number of nitrogens with one attached hydrogen (secondary N) is 1. The monoisotopic (exact) mass is 379 g/mol. The molecule has 1 aliphatic rings. The van der Waals surface area contributed by atoms with Crippen LogP contribution in [0.25, 0.3) is 11.4 Å². The van der Waals surface area contributed by atoms with Crippen LogP contribution in [-0.4, -0.2) is 22.8 Å². The lowest BCUT2D eigenvalue weighted by atomic mass is 10.0. The molecule has 0 unspecified atom stereocenters. The smallest absolute Gasteiger partial charge is 0.251 e. The molecule has 0 saturated heterocycles. The van der Waals surface area contributed by atoms with Crippen LogP contribution in [0.1, 0.15) is 41.7 Å². The first-order valence-corrected chi connectivity index (χ1v) is 9.12. The SMILES string of the molecule is Cc1ccc(C(=O)N[C@@H](c2nc(-c3ccc4c(c3)OCO4)no2)C(C)C)cc1. The van der Waals surface area contributed by atoms with Gasteiger partial charge in [-0.25, -0.2) is 0 Å². The summed E-state index contributed by atoms with van der Waals surface area (Å²) in [6.07, 6.45) is 0. The number of benzene rings is 2. The topological polar surface area (TPSA) is 86.5 Å². The second kappa shape index (κ2) is 7.34. The van der Waals surface area contributed by atoms with Crippen LogP contribution in [0, 0.1) is 12.8 Å². The molecule has 0 saturated carbocycles. The Morgan fingerprint density at radius 2 is 1.82 bits per heavy atom. The fourth-order valence-electron chi connectivity index (χ4n) is 2.96. The Hall–Kier alpha value is -3.35. The maximum absolute atomic E-state index is 12.6. The van der Waals surface area contributed by atoms with Crippen molar-refractivity contribution in [2.75, 3.05) is 6.79 Å². The molecule has 2 heterocycles. The van der Waals surface area contributed by atoms with Crippen molar-refractivity contribution in [3.63, 3.8) is 0 Å². The summed E-state index contributed by atoms with van der Waals surface area (Å²) >= 11 is 0. The molecular formula is C21H21N3O4. The third kappa shape index (κ3) is 3.55. The van der Waals surface area contributed by atoms with Crippen LogP contribution in [0.2, 0.25) is 0 Å². The van der Waals surface area contributed by atoms with E-state index in [9.17, 15) is 4.79 Å². The highest BCUT2D eigenvalue weighted by Crippen LogP contribution is 2.35. The maximum atomic E-state index is 12.6. The van der Waals surface area contributed by atoms with Gasteiger partial charge in [0.2, 0.25) is 18.5 Å². The Morgan fingerprint density at radius 1 is 1.07 bits per heavy atom. The van der Waals surface area contributed by atoms with Crippen LogP contribution >= 0.6 is 0 Å². The zero-order valence-corrected chi connectivity index (χ0v) is 15.9. The van der Waals surface area contributed by atoms with Crippen molar-refractivity contribution in [1.82, 2.24) is 15.5 Å². The van der Waals surface area contributed by atoms with Crippen molar-refractivity contribution in [2.24, 2.45) is 5.92 Å². The number of fused-ring (bicyclic) bond motifs is 1. The molecule has 1 aliphatic heterocycles. The van der Waals surface area contributed by atoms with Crippen LogP contribution in [-0.2, 0) is 0 Å². The normalized spacial score (nSPS) is 13.6. The lowest BCUT2D eigenvalue weighted by Gasteiger charge is -2.18. The minimum Gasteiger partial charge on any atom is -0.454 e. The zero-order chi connectivity index (χ0) is 19.7. The molecule has 4 rings (SSSR count). The molecule has 0 fully saturated rings. The van der Waals surface area contributed by atoms with Gasteiger partial charge in [0.15, 0.2) is 11.5 Å². The van der Waals surface area contributed by atoms with E-state index in [1.807, 2.05) is 51.1 Å². The Balaban J connectivity index is 1.55. The Labute approximate surface area is 162 Å². The van der Waals surface area contributed by atoms with Gasteiger partial charge in [-0.2, -0.15) is 4.98 Å². The first kappa shape index (κ1) is 18.0. The lowest BCUT2D eigenvalue weighted by Crippen LogP contribution is -2.32. The van der Waals surface area contributed by atoms with E-state index >= 15 is 0 Å². The van der Waals surface area contributed by atoms with Crippen molar-refractivity contribution in [2.45, 2.75) is 26.8 Å². The highest BCUT2D eigenvalue weighted by atomic mass is 16.7. The summed E-state index contributed by atoms with van der Waals surface area (Å²) in [5.41, 5.74) is 2.45. The van der Waals surface area contributed by atoms with Crippen LogP contribution < -0.4 is 14.8 Å². The van der Waals surface area contributed by atoms with Crippen LogP contribution in [0.15, 0.2) is 47.0 Å². The molecule has 1 aromatic heterocycles. The van der Waals surface area contributed by atoms with Gasteiger partial charge < -0.3 is 19.3 Å². The molecule has 28 heavy (non-hydrogen) atoms. The van der Waals surface area contributed by atoms with E-state index in [4.69, 9.17) is 14.0 Å². The summed E-state index contributed by atoms with van der Waals surface area (Å²) in [7, 11) is 0. The van der Waals surface area contributed by atoms with Gasteiger partial charge in [0.25, 0.3) is 5.91 Å². The Bertz CT molecular complexity index is 995. The van der Waals surface area contributed by atoms with E-state index in [2.05, 4.69) is 15.5 Å². The highest BCUT2D eigenvalue weighted by Gasteiger charge is 2.26. The molecule has 7 nitrogen and oxygen atoms in total. The van der Waals surface area contributed by atoms with Crippen molar-refractivity contribution in [3.8, 4) is 22.9 Å². The minimum absolute atomic E-state index is 0.0689. The first-order valence-electron chi connectivity index (χ1n) is 9.12. The van der Waals surface area contributed by atoms with Gasteiger partial charge in [-0.05, 0) is 43.2 Å². The number of hydrogen-bond donors (Lipinski definition) is 1. The van der Waals surface area contributed by atoms with Gasteiger partial charge in [0, 0.05) is 11.1 Å². The van der Waals surface area contributed by atoms with Crippen molar-refractivity contribution in [3.05, 3.63) is 59.5 Å². The molecule has 0 aliphatic carbocycles. The van der Waals surface area contributed by atoms with Crippen LogP contribution in [0.4, 0.5) is 0 Å². The first-order chi connectivity index (χ1) is 13.5. The van der Waals surface area contributed by atoms with Crippen molar-refractivity contribution < 1.29 is 18.8 Å². The van der Waals surface area contributed by atoms with Crippen LogP contribution in [0.5, 0.6) is 11.5 Å². The maximum Gasteiger partial charge on any atom is 0.251 e. The molecule has 144 valence electrons. The summed E-state index contributed by atoms with van der Waals surface area (Å²) in [5.74, 6) is 2.03. The number of hydrogen-bond acceptors (Lipinski definition) is 6. The molecule has 1 N–H and O–H groups in total. The quantitative estimate of drug-likeness (QED) is 0.723. The molecule has 0 bridgehead atoms. The summed E-state index contributed by atoms with van der Waals surface area (Å²) in [4.78, 5) is 17.1. The molecule has 1 atom stereocenters. The number of amides is 1. The number of nitrogens with zero attached hydrogens (tertiary/aromatic N) is 2. The fraction of sp³-hybridized carbons (Fsp3) is 0.286. The molecule has 3 aromatic rings. The predicted molar refractivity (Wildman–Crippen MR) is 102 cm³/mol. The van der Waals surface area contributed by atoms with E-state index < -0.39 is 6.04 Å². The summed E-state index contributed by atoms with van der Waals surface area (Å²) in [6, 6.07) is 12.5. The zero-order valence-electron chi connectivity index (χ0n) is 15.9. The van der Waals surface area contributed by atoms with Gasteiger partial charge in [0.05, 0.1) is 0 Å². The van der Waals surface area contributed by atoms with Crippen molar-refractivity contribution in [1.29, 1.82) is 0 Å². The molecule has 2 aromatic carbocycles. The molecular weight excluding hydrogens is 358 g/mol. The molecule has 7 heteroatoms. The van der Waals surface area contributed by atoms with E-state index in [-0.39, 0.29) is 18.6 Å². The predicted octanol–water partition coefficient (Wildman–Crippen LogP) is 3.90. The van der Waals surface area contributed by atoms with E-state index in [0.29, 0.717) is 28.8 Å². The summed E-state index contributed by atoms with van der Waals surface area (Å²) in [6.45, 7) is 6.17. The van der Waals surface area contributed by atoms with Gasteiger partial charge in [-0.1, -0.05) is 36.7 Å². The van der Waals surface area contributed by atoms with Gasteiger partial charge >= 0.3 is 0 Å². The number of aryl methyl sites for hydroxylation is 1. The second-order valence-corrected chi connectivity index (χ2v) is 7.09. The van der Waals surface area contributed by atoms with Crippen molar-refractivity contribution >= 4 is 5.91 Å². The molecule has 0 spiro atoms. The third-order valence-corrected chi connectivity index (χ3v) is 4.61. The Kier molecular flexibility index (Phi) is 4.73. The molecule has 1 amide bonds. The minimum atomic E-state index is -0.399. The van der Waals surface area contributed by atoms with E-state index in [0.717, 1.165) is 11.1 Å². The summed E-state index contributed by atoms with van der Waals surface area (Å²) < 4.78 is 16.2. The van der Waals surface area contributed by atoms with Gasteiger partial charge in [-0.3, -0.25) is 4.79 Å². The second-order valence-electron chi connectivity index (χ2n) is 7.09. The summed E-state index contributed by atoms with van der Waals surface area (Å²) in [5, 5.41) is 7.07. The fourth-order valence-corrected chi connectivity index (χ4v) is 2.96. The van der Waals surface area contributed by atoms with E-state index in [1.54, 1.807) is 12.1 Å². The third-order valence-electron chi connectivity index (χ3n) is 4.61. The average molecular weight is 379 g/mol. The standard InChI is InChI=1S/C21H21N3O4/c1-12(2)18(22-20(25)14-6-4-13(3)5-7-14)21-23-19(24-28-21)15-8-9-16-17(10-15)27-11-26-16/h4-10,12,18H,11H2,1-3H3,(H,22,25)/t18-/m1/s1. The Morgan fingerprint density at radius 3 is 2.57 bits per heavy atom. The number of rotatable bonds is 5. The highest BCUT2D eigenvalue weighted by molar-refractivity contribution is 5.94. The number of carbonyl (C=O) groups is 1. The lowest BCUT2D eigenvalue weighted by molar-refractivity contribution is 0.0914. The van der Waals surface area contributed by atoms with Crippen LogP contribution in [0.3, 0.4) is 0 Å². The number of aromatic nitrogens is 2.